The number of ether oxygens (including phenoxy) is 1. The Morgan fingerprint density at radius 1 is 1.00 bits per heavy atom. The summed E-state index contributed by atoms with van der Waals surface area (Å²) >= 11 is 0.444. The molecule has 1 nitrogen and oxygen atoms in total. The van der Waals surface area contributed by atoms with Crippen molar-refractivity contribution in [3.63, 3.8) is 0 Å². The van der Waals surface area contributed by atoms with Gasteiger partial charge in [-0.2, -0.15) is 0 Å². The first kappa shape index (κ1) is 17.9. The fraction of sp³-hybridized carbons (Fsp3) is 0.304. The van der Waals surface area contributed by atoms with Gasteiger partial charge in [-0.05, 0) is 0 Å². The van der Waals surface area contributed by atoms with Gasteiger partial charge in [0.05, 0.1) is 0 Å². The summed E-state index contributed by atoms with van der Waals surface area (Å²) in [5.74, 6) is 7.76. The third-order valence-electron chi connectivity index (χ3n) is 4.18. The van der Waals surface area contributed by atoms with E-state index < -0.39 is 0 Å². The minimum atomic E-state index is 0.444. The summed E-state index contributed by atoms with van der Waals surface area (Å²) in [7, 11) is 0. The summed E-state index contributed by atoms with van der Waals surface area (Å²) in [5, 5.41) is 1.27. The molecule has 0 aromatic heterocycles. The van der Waals surface area contributed by atoms with Crippen LogP contribution in [0, 0.1) is 25.7 Å². The maximum atomic E-state index is 5.98. The number of rotatable bonds is 4. The van der Waals surface area contributed by atoms with Crippen LogP contribution in [-0.4, -0.2) is 21.6 Å². The number of benzene rings is 2. The van der Waals surface area contributed by atoms with E-state index in [1.807, 2.05) is 0 Å². The van der Waals surface area contributed by atoms with Crippen LogP contribution in [0.5, 0.6) is 5.75 Å². The first-order valence-corrected chi connectivity index (χ1v) is 10.9. The van der Waals surface area contributed by atoms with Crippen LogP contribution in [0.1, 0.15) is 42.0 Å². The summed E-state index contributed by atoms with van der Waals surface area (Å²) < 4.78 is 7.42. The normalized spacial score (nSPS) is 12.9. The van der Waals surface area contributed by atoms with E-state index in [-0.39, 0.29) is 0 Å². The van der Waals surface area contributed by atoms with E-state index in [9.17, 15) is 0 Å². The van der Waals surface area contributed by atoms with Gasteiger partial charge in [0.2, 0.25) is 0 Å². The molecule has 1 heterocycles. The van der Waals surface area contributed by atoms with E-state index in [2.05, 4.69) is 75.1 Å². The van der Waals surface area contributed by atoms with Gasteiger partial charge in [-0.3, -0.25) is 0 Å². The molecule has 0 amide bonds. The molecule has 0 spiro atoms. The van der Waals surface area contributed by atoms with E-state index in [4.69, 9.17) is 4.74 Å². The molecule has 25 heavy (non-hydrogen) atoms. The molecule has 0 saturated heterocycles. The Morgan fingerprint density at radius 2 is 1.76 bits per heavy atom. The Morgan fingerprint density at radius 3 is 2.52 bits per heavy atom. The van der Waals surface area contributed by atoms with Crippen molar-refractivity contribution in [3.05, 3.63) is 70.3 Å². The SMILES string of the molecule is CCCC[Se]C1=C(C#Cc2ccc(C)cc2)COc2ccc(C)cc21. The molecule has 2 aromatic carbocycles. The first-order chi connectivity index (χ1) is 12.2. The molecule has 1 aliphatic heterocycles. The molecule has 2 aromatic rings. The Balaban J connectivity index is 1.97. The summed E-state index contributed by atoms with van der Waals surface area (Å²) in [6.07, 6.45) is 2.53. The van der Waals surface area contributed by atoms with Crippen LogP contribution in [0.3, 0.4) is 0 Å². The molecular weight excluding hydrogens is 371 g/mol. The fourth-order valence-electron chi connectivity index (χ4n) is 2.69. The molecule has 1 aliphatic rings. The average Bonchev–Trinajstić information content (AvgIpc) is 2.62. The summed E-state index contributed by atoms with van der Waals surface area (Å²) in [4.78, 5) is 0. The zero-order valence-electron chi connectivity index (χ0n) is 15.2. The van der Waals surface area contributed by atoms with E-state index in [0.29, 0.717) is 21.6 Å². The van der Waals surface area contributed by atoms with Gasteiger partial charge in [0.1, 0.15) is 0 Å². The Bertz CT molecular complexity index is 835. The summed E-state index contributed by atoms with van der Waals surface area (Å²) in [6.45, 7) is 7.09. The zero-order valence-corrected chi connectivity index (χ0v) is 16.9. The van der Waals surface area contributed by atoms with E-state index in [0.717, 1.165) is 16.9 Å². The van der Waals surface area contributed by atoms with Gasteiger partial charge in [-0.15, -0.1) is 0 Å². The molecule has 0 saturated carbocycles. The Kier molecular flexibility index (Phi) is 6.03. The predicted octanol–water partition coefficient (Wildman–Crippen LogP) is 5.38. The molecule has 128 valence electrons. The Labute approximate surface area is 157 Å². The van der Waals surface area contributed by atoms with Gasteiger partial charge in [-0.25, -0.2) is 0 Å². The molecule has 3 rings (SSSR count). The fourth-order valence-corrected chi connectivity index (χ4v) is 5.28. The van der Waals surface area contributed by atoms with Crippen LogP contribution >= 0.6 is 0 Å². The van der Waals surface area contributed by atoms with Crippen molar-refractivity contribution < 1.29 is 4.74 Å². The number of aryl methyl sites for hydroxylation is 2. The van der Waals surface area contributed by atoms with Crippen molar-refractivity contribution in [1.82, 2.24) is 0 Å². The van der Waals surface area contributed by atoms with E-state index >= 15 is 0 Å². The van der Waals surface area contributed by atoms with Crippen LogP contribution in [0.2, 0.25) is 5.32 Å². The van der Waals surface area contributed by atoms with Crippen LogP contribution < -0.4 is 4.74 Å². The van der Waals surface area contributed by atoms with Crippen LogP contribution in [-0.2, 0) is 0 Å². The third kappa shape index (κ3) is 4.57. The van der Waals surface area contributed by atoms with Crippen molar-refractivity contribution >= 4 is 19.4 Å². The maximum absolute atomic E-state index is 5.98. The molecular formula is C23H24OSe. The van der Waals surface area contributed by atoms with Gasteiger partial charge >= 0.3 is 158 Å². The summed E-state index contributed by atoms with van der Waals surface area (Å²) in [5.41, 5.74) is 6.02. The number of hydrogen-bond donors (Lipinski definition) is 0. The van der Waals surface area contributed by atoms with Gasteiger partial charge in [-0.1, -0.05) is 0 Å². The third-order valence-corrected chi connectivity index (χ3v) is 6.80. The van der Waals surface area contributed by atoms with Gasteiger partial charge in [0.25, 0.3) is 0 Å². The minimum absolute atomic E-state index is 0.444. The second-order valence-electron chi connectivity index (χ2n) is 6.41. The van der Waals surface area contributed by atoms with Crippen molar-refractivity contribution in [2.45, 2.75) is 38.9 Å². The topological polar surface area (TPSA) is 9.23 Å². The molecule has 0 N–H and O–H groups in total. The zero-order chi connectivity index (χ0) is 17.6. The van der Waals surface area contributed by atoms with Gasteiger partial charge in [0, 0.05) is 0 Å². The molecule has 2 heteroatoms. The quantitative estimate of drug-likeness (QED) is 0.384. The van der Waals surface area contributed by atoms with Crippen molar-refractivity contribution in [2.75, 3.05) is 6.61 Å². The standard InChI is InChI=1S/C23H24OSe/c1-4-5-14-25-23-20(12-11-19-9-6-17(2)7-10-19)16-24-22-13-8-18(3)15-21(22)23/h6-10,13,15H,4-5,14,16H2,1-3H3. The number of unbranched alkanes of at least 4 members (excludes halogenated alkanes) is 1. The second-order valence-corrected chi connectivity index (χ2v) is 8.73. The molecule has 0 unspecified atom stereocenters. The average molecular weight is 395 g/mol. The molecule has 0 fully saturated rings. The molecule has 0 aliphatic carbocycles. The van der Waals surface area contributed by atoms with E-state index in [1.165, 1.54) is 39.3 Å². The van der Waals surface area contributed by atoms with Gasteiger partial charge in [0.15, 0.2) is 0 Å². The second kappa shape index (κ2) is 8.43. The van der Waals surface area contributed by atoms with Gasteiger partial charge < -0.3 is 0 Å². The van der Waals surface area contributed by atoms with Crippen molar-refractivity contribution in [3.8, 4) is 17.6 Å². The molecule has 0 bridgehead atoms. The van der Waals surface area contributed by atoms with Crippen LogP contribution in [0.25, 0.3) is 4.47 Å². The van der Waals surface area contributed by atoms with Crippen LogP contribution in [0.4, 0.5) is 0 Å². The first-order valence-electron chi connectivity index (χ1n) is 8.86. The molecule has 0 atom stereocenters. The monoisotopic (exact) mass is 396 g/mol. The van der Waals surface area contributed by atoms with Crippen LogP contribution in [0.15, 0.2) is 48.0 Å². The summed E-state index contributed by atoms with van der Waals surface area (Å²) in [6, 6.07) is 14.9. The van der Waals surface area contributed by atoms with Crippen molar-refractivity contribution in [1.29, 1.82) is 0 Å². The van der Waals surface area contributed by atoms with E-state index in [1.54, 1.807) is 0 Å². The van der Waals surface area contributed by atoms with Crippen molar-refractivity contribution in [2.24, 2.45) is 0 Å². The Hall–Kier alpha value is -1.94. The predicted molar refractivity (Wildman–Crippen MR) is 107 cm³/mol. The number of hydrogen-bond acceptors (Lipinski definition) is 1. The number of fused-ring (bicyclic) bond motifs is 1. The molecule has 0 radical (unpaired) electrons.